The summed E-state index contributed by atoms with van der Waals surface area (Å²) in [6.07, 6.45) is 0. The average molecular weight is 362 g/mol. The summed E-state index contributed by atoms with van der Waals surface area (Å²) in [6.45, 7) is 0.794. The highest BCUT2D eigenvalue weighted by Crippen LogP contribution is 2.12. The third kappa shape index (κ3) is 4.70. The Morgan fingerprint density at radius 3 is 2.50 bits per heavy atom. The molecule has 0 saturated carbocycles. The second-order valence-corrected chi connectivity index (χ2v) is 4.45. The van der Waals surface area contributed by atoms with Crippen molar-refractivity contribution >= 4 is 40.4 Å². The van der Waals surface area contributed by atoms with Gasteiger partial charge in [-0.2, -0.15) is 0 Å². The lowest BCUT2D eigenvalue weighted by atomic mass is 10.2. The van der Waals surface area contributed by atoms with Crippen LogP contribution in [0, 0.1) is 3.57 Å². The van der Waals surface area contributed by atoms with Gasteiger partial charge in [-0.1, -0.05) is 12.1 Å². The maximum atomic E-state index is 11.6. The first-order valence-electron chi connectivity index (χ1n) is 4.98. The van der Waals surface area contributed by atoms with Gasteiger partial charge in [-0.25, -0.2) is 4.79 Å². The molecule has 0 bridgehead atoms. The maximum Gasteiger partial charge on any atom is 0.339 e. The molecule has 0 spiro atoms. The highest BCUT2D eigenvalue weighted by atomic mass is 127. The van der Waals surface area contributed by atoms with Gasteiger partial charge >= 0.3 is 5.97 Å². The van der Waals surface area contributed by atoms with E-state index in [-0.39, 0.29) is 0 Å². The summed E-state index contributed by atoms with van der Waals surface area (Å²) in [7, 11) is 0. The summed E-state index contributed by atoms with van der Waals surface area (Å²) in [4.78, 5) is 33.3. The Labute approximate surface area is 117 Å². The minimum absolute atomic E-state index is 0.394. The van der Waals surface area contributed by atoms with Crippen molar-refractivity contribution in [1.82, 2.24) is 10.9 Å². The number of amides is 2. The van der Waals surface area contributed by atoms with Crippen LogP contribution < -0.4 is 10.9 Å². The van der Waals surface area contributed by atoms with Crippen LogP contribution in [0.5, 0.6) is 0 Å². The molecule has 1 rings (SSSR count). The monoisotopic (exact) mass is 362 g/mol. The third-order valence-electron chi connectivity index (χ3n) is 1.81. The molecule has 7 heteroatoms. The van der Waals surface area contributed by atoms with Crippen LogP contribution in [-0.2, 0) is 14.3 Å². The number of hydrogen-bond donors (Lipinski definition) is 2. The van der Waals surface area contributed by atoms with E-state index in [9.17, 15) is 14.4 Å². The first kappa shape index (κ1) is 14.4. The van der Waals surface area contributed by atoms with Gasteiger partial charge in [-0.3, -0.25) is 20.4 Å². The second-order valence-electron chi connectivity index (χ2n) is 3.29. The van der Waals surface area contributed by atoms with Crippen LogP contribution in [0.1, 0.15) is 17.3 Å². The number of nitrogens with one attached hydrogen (secondary N) is 2. The van der Waals surface area contributed by atoms with Crippen LogP contribution in [0.25, 0.3) is 0 Å². The molecule has 0 aromatic heterocycles. The van der Waals surface area contributed by atoms with Crippen molar-refractivity contribution < 1.29 is 19.1 Å². The molecule has 0 atom stereocenters. The molecular formula is C11H11IN2O4. The number of ether oxygens (including phenoxy) is 1. The number of benzene rings is 1. The van der Waals surface area contributed by atoms with Crippen LogP contribution in [0.3, 0.4) is 0 Å². The van der Waals surface area contributed by atoms with Crippen LogP contribution in [0.2, 0.25) is 0 Å². The van der Waals surface area contributed by atoms with Crippen LogP contribution >= 0.6 is 22.6 Å². The largest absolute Gasteiger partial charge is 0.452 e. The smallest absolute Gasteiger partial charge is 0.339 e. The van der Waals surface area contributed by atoms with Gasteiger partial charge in [0, 0.05) is 10.5 Å². The number of halogens is 1. The van der Waals surface area contributed by atoms with Crippen molar-refractivity contribution in [1.29, 1.82) is 0 Å². The Hall–Kier alpha value is -1.64. The SMILES string of the molecule is CC(=O)NNC(=O)COC(=O)c1ccccc1I. The molecule has 0 aliphatic carbocycles. The highest BCUT2D eigenvalue weighted by molar-refractivity contribution is 14.1. The molecule has 6 nitrogen and oxygen atoms in total. The van der Waals surface area contributed by atoms with Crippen molar-refractivity contribution in [3.63, 3.8) is 0 Å². The summed E-state index contributed by atoms with van der Waals surface area (Å²) in [6, 6.07) is 6.86. The zero-order valence-electron chi connectivity index (χ0n) is 9.53. The van der Waals surface area contributed by atoms with E-state index in [0.29, 0.717) is 5.56 Å². The van der Waals surface area contributed by atoms with E-state index in [2.05, 4.69) is 10.9 Å². The Morgan fingerprint density at radius 1 is 1.22 bits per heavy atom. The van der Waals surface area contributed by atoms with Gasteiger partial charge in [0.2, 0.25) is 5.91 Å². The zero-order valence-corrected chi connectivity index (χ0v) is 11.7. The molecule has 2 N–H and O–H groups in total. The highest BCUT2D eigenvalue weighted by Gasteiger charge is 2.12. The number of rotatable bonds is 3. The number of hydrogen-bond acceptors (Lipinski definition) is 4. The quantitative estimate of drug-likeness (QED) is 0.469. The minimum atomic E-state index is -0.607. The topological polar surface area (TPSA) is 84.5 Å². The molecule has 0 fully saturated rings. The number of hydrazine groups is 1. The predicted octanol–water partition coefficient (Wildman–Crippen LogP) is 0.615. The Morgan fingerprint density at radius 2 is 1.89 bits per heavy atom. The number of carbonyl (C=O) groups excluding carboxylic acids is 3. The molecule has 1 aromatic carbocycles. The summed E-state index contributed by atoms with van der Waals surface area (Å²) < 4.78 is 5.53. The van der Waals surface area contributed by atoms with Crippen molar-refractivity contribution in [3.05, 3.63) is 33.4 Å². The molecule has 96 valence electrons. The first-order chi connectivity index (χ1) is 8.50. The molecule has 0 unspecified atom stereocenters. The Kier molecular flexibility index (Phi) is 5.56. The molecule has 2 amide bonds. The Bertz CT molecular complexity index is 476. The van der Waals surface area contributed by atoms with Gasteiger partial charge in [0.05, 0.1) is 5.56 Å². The number of carbonyl (C=O) groups is 3. The molecule has 0 saturated heterocycles. The normalized spacial score (nSPS) is 9.44. The maximum absolute atomic E-state index is 11.6. The van der Waals surface area contributed by atoms with Crippen LogP contribution in [0.4, 0.5) is 0 Å². The summed E-state index contributed by atoms with van der Waals surface area (Å²) in [5.41, 5.74) is 4.57. The molecule has 0 aliphatic rings. The first-order valence-corrected chi connectivity index (χ1v) is 6.05. The van der Waals surface area contributed by atoms with E-state index in [1.165, 1.54) is 6.92 Å². The summed E-state index contributed by atoms with van der Waals surface area (Å²) >= 11 is 2.00. The molecule has 0 radical (unpaired) electrons. The van der Waals surface area contributed by atoms with Gasteiger partial charge in [0.25, 0.3) is 5.91 Å². The molecular weight excluding hydrogens is 351 g/mol. The summed E-state index contributed by atoms with van der Waals surface area (Å²) in [5.74, 6) is -1.60. The van der Waals surface area contributed by atoms with Gasteiger partial charge in [0.15, 0.2) is 6.61 Å². The van der Waals surface area contributed by atoms with E-state index >= 15 is 0 Å². The molecule has 0 heterocycles. The van der Waals surface area contributed by atoms with Crippen molar-refractivity contribution in [2.45, 2.75) is 6.92 Å². The lowest BCUT2D eigenvalue weighted by Crippen LogP contribution is -2.42. The van der Waals surface area contributed by atoms with Crippen LogP contribution in [0.15, 0.2) is 24.3 Å². The molecule has 18 heavy (non-hydrogen) atoms. The minimum Gasteiger partial charge on any atom is -0.452 e. The van der Waals surface area contributed by atoms with E-state index in [0.717, 1.165) is 3.57 Å². The third-order valence-corrected chi connectivity index (χ3v) is 2.75. The van der Waals surface area contributed by atoms with Crippen molar-refractivity contribution in [2.24, 2.45) is 0 Å². The van der Waals surface area contributed by atoms with Gasteiger partial charge in [-0.05, 0) is 34.7 Å². The molecule has 1 aromatic rings. The fourth-order valence-corrected chi connectivity index (χ4v) is 1.64. The van der Waals surface area contributed by atoms with E-state index in [1.54, 1.807) is 24.3 Å². The van der Waals surface area contributed by atoms with Crippen molar-refractivity contribution in [3.8, 4) is 0 Å². The average Bonchev–Trinajstić information content (AvgIpc) is 2.34. The van der Waals surface area contributed by atoms with E-state index in [4.69, 9.17) is 4.74 Å². The predicted molar refractivity (Wildman–Crippen MR) is 71.4 cm³/mol. The number of esters is 1. The molecule has 0 aliphatic heterocycles. The lowest BCUT2D eigenvalue weighted by molar-refractivity contribution is -0.129. The standard InChI is InChI=1S/C11H11IN2O4/c1-7(15)13-14-10(16)6-18-11(17)8-4-2-3-5-9(8)12/h2-5H,6H2,1H3,(H,13,15)(H,14,16). The van der Waals surface area contributed by atoms with E-state index in [1.807, 2.05) is 22.6 Å². The fraction of sp³-hybridized carbons (Fsp3) is 0.182. The van der Waals surface area contributed by atoms with Crippen molar-refractivity contribution in [2.75, 3.05) is 6.61 Å². The summed E-state index contributed by atoms with van der Waals surface area (Å²) in [5, 5.41) is 0. The van der Waals surface area contributed by atoms with Gasteiger partial charge in [-0.15, -0.1) is 0 Å². The van der Waals surface area contributed by atoms with E-state index < -0.39 is 24.4 Å². The van der Waals surface area contributed by atoms with Gasteiger partial charge < -0.3 is 4.74 Å². The zero-order chi connectivity index (χ0) is 13.5. The fourth-order valence-electron chi connectivity index (χ4n) is 1.03. The second kappa shape index (κ2) is 6.94. The van der Waals surface area contributed by atoms with Crippen LogP contribution in [-0.4, -0.2) is 24.4 Å². The van der Waals surface area contributed by atoms with Gasteiger partial charge in [0.1, 0.15) is 0 Å². The lowest BCUT2D eigenvalue weighted by Gasteiger charge is -2.07. The Balaban J connectivity index is 2.45.